The Hall–Kier alpha value is -9.30. The molecule has 12 aromatic carbocycles. The maximum absolute atomic E-state index is 6.89. The Balaban J connectivity index is 0.000000181. The van der Waals surface area contributed by atoms with Crippen molar-refractivity contribution in [3.63, 3.8) is 0 Å². The normalized spacial score (nSPS) is 13.7. The Morgan fingerprint density at radius 2 is 0.564 bits per heavy atom. The van der Waals surface area contributed by atoms with E-state index < -0.39 is 15.8 Å². The molecule has 94 heavy (non-hydrogen) atoms. The first kappa shape index (κ1) is 60.9. The highest BCUT2D eigenvalue weighted by Gasteiger charge is 2.36. The zero-order valence-electron chi connectivity index (χ0n) is 53.8. The van der Waals surface area contributed by atoms with Crippen molar-refractivity contribution >= 4 is 37.1 Å². The van der Waals surface area contributed by atoms with Gasteiger partial charge in [0.2, 0.25) is 0 Å². The first-order valence-corrected chi connectivity index (χ1v) is 36.8. The van der Waals surface area contributed by atoms with Gasteiger partial charge in [-0.2, -0.15) is 0 Å². The topological polar surface area (TPSA) is 36.9 Å². The smallest absolute Gasteiger partial charge is 0.169 e. The standard InChI is InChI=1S/C54H44O4P2.C34H34/c1-7-19-39(20-8-1)45-35-49-53(57-33-31-55-49)51(47(45)37-59(41-23-11-3-12-24-41)42-25-13-4-14-26-42)52-48(38-60(43-27-15-5-16-28-43)44-29-17-6-18-30-44)46(40-21-9-2-10-22-40)36-50-54(52)58-34-32-56-50;1-23-31(25-13-5-3-6-14-25)21-27-17-9-11-19-29(27)33(23)34-24(2)32(26-15-7-4-8-16-26)22-28-18-10-12-20-30(28)34/h1-30,35-36H,31-34,37-38H2;3-8,13-16,21-22H,9-12,17-20H2,1-2H3. The van der Waals surface area contributed by atoms with Crippen LogP contribution in [0.15, 0.2) is 267 Å². The Morgan fingerprint density at radius 3 is 0.883 bits per heavy atom. The molecule has 2 aliphatic heterocycles. The van der Waals surface area contributed by atoms with Gasteiger partial charge < -0.3 is 18.9 Å². The molecule has 464 valence electrons. The quantitative estimate of drug-likeness (QED) is 0.102. The van der Waals surface area contributed by atoms with Crippen LogP contribution < -0.4 is 40.2 Å². The number of hydrogen-bond acceptors (Lipinski definition) is 4. The maximum atomic E-state index is 6.89. The van der Waals surface area contributed by atoms with E-state index in [1.165, 1.54) is 117 Å². The molecule has 0 N–H and O–H groups in total. The molecule has 0 saturated heterocycles. The van der Waals surface area contributed by atoms with Crippen molar-refractivity contribution in [1.82, 2.24) is 0 Å². The van der Waals surface area contributed by atoms with Gasteiger partial charge in [-0.05, 0) is 215 Å². The van der Waals surface area contributed by atoms with E-state index in [2.05, 4.69) is 281 Å². The van der Waals surface area contributed by atoms with Gasteiger partial charge in [0, 0.05) is 23.5 Å². The Kier molecular flexibility index (Phi) is 18.2. The molecular weight excluding hydrogens is 1180 g/mol. The van der Waals surface area contributed by atoms with Crippen LogP contribution >= 0.6 is 15.8 Å². The molecule has 2 aliphatic carbocycles. The number of benzene rings is 12. The third-order valence-electron chi connectivity index (χ3n) is 19.4. The summed E-state index contributed by atoms with van der Waals surface area (Å²) in [5, 5.41) is 5.26. The van der Waals surface area contributed by atoms with E-state index in [1.807, 2.05) is 0 Å². The molecule has 0 radical (unpaired) electrons. The predicted octanol–water partition coefficient (Wildman–Crippen LogP) is 20.6. The lowest BCUT2D eigenvalue weighted by atomic mass is 9.74. The average Bonchev–Trinajstić information content (AvgIpc) is 0.737. The van der Waals surface area contributed by atoms with E-state index in [9.17, 15) is 0 Å². The molecular formula is C88H78O4P2. The lowest BCUT2D eigenvalue weighted by molar-refractivity contribution is 0.169. The predicted molar refractivity (Wildman–Crippen MR) is 396 cm³/mol. The van der Waals surface area contributed by atoms with Crippen LogP contribution in [0.2, 0.25) is 0 Å². The van der Waals surface area contributed by atoms with Gasteiger partial charge in [0.1, 0.15) is 26.4 Å². The largest absolute Gasteiger partial charge is 0.486 e. The molecule has 4 nitrogen and oxygen atoms in total. The van der Waals surface area contributed by atoms with Crippen LogP contribution in [-0.4, -0.2) is 26.4 Å². The van der Waals surface area contributed by atoms with Crippen LogP contribution in [0.4, 0.5) is 0 Å². The molecule has 0 spiro atoms. The van der Waals surface area contributed by atoms with E-state index in [-0.39, 0.29) is 0 Å². The molecule has 2 heterocycles. The van der Waals surface area contributed by atoms with Crippen LogP contribution in [0, 0.1) is 13.8 Å². The van der Waals surface area contributed by atoms with E-state index in [4.69, 9.17) is 18.9 Å². The van der Waals surface area contributed by atoms with Crippen LogP contribution in [-0.2, 0) is 38.0 Å². The number of ether oxygens (including phenoxy) is 4. The summed E-state index contributed by atoms with van der Waals surface area (Å²) in [6.45, 7) is 6.62. The number of hydrogen-bond donors (Lipinski definition) is 0. The molecule has 6 heteroatoms. The second kappa shape index (κ2) is 28.1. The highest BCUT2D eigenvalue weighted by atomic mass is 31.1. The summed E-state index contributed by atoms with van der Waals surface area (Å²) in [7, 11) is -1.76. The lowest BCUT2D eigenvalue weighted by Crippen LogP contribution is -2.21. The van der Waals surface area contributed by atoms with E-state index in [1.54, 1.807) is 33.4 Å². The third-order valence-corrected chi connectivity index (χ3v) is 24.4. The number of aryl methyl sites for hydroxylation is 2. The van der Waals surface area contributed by atoms with Gasteiger partial charge in [-0.15, -0.1) is 0 Å². The molecule has 0 aromatic heterocycles. The molecule has 0 amide bonds. The zero-order valence-corrected chi connectivity index (χ0v) is 55.6. The van der Waals surface area contributed by atoms with Gasteiger partial charge in [0.15, 0.2) is 23.0 Å². The zero-order chi connectivity index (χ0) is 63.2. The third kappa shape index (κ3) is 12.4. The Labute approximate surface area is 557 Å². The summed E-state index contributed by atoms with van der Waals surface area (Å²) in [6.07, 6.45) is 11.6. The molecule has 0 fully saturated rings. The van der Waals surface area contributed by atoms with Crippen molar-refractivity contribution in [2.45, 2.75) is 77.5 Å². The second-order valence-corrected chi connectivity index (χ2v) is 29.5. The summed E-state index contributed by atoms with van der Waals surface area (Å²) in [4.78, 5) is 0. The summed E-state index contributed by atoms with van der Waals surface area (Å²) >= 11 is 0. The van der Waals surface area contributed by atoms with Crippen molar-refractivity contribution < 1.29 is 18.9 Å². The summed E-state index contributed by atoms with van der Waals surface area (Å²) < 4.78 is 27.0. The summed E-state index contributed by atoms with van der Waals surface area (Å²) in [5.74, 6) is 3.02. The van der Waals surface area contributed by atoms with Crippen molar-refractivity contribution in [2.75, 3.05) is 26.4 Å². The minimum absolute atomic E-state index is 0.449. The Morgan fingerprint density at radius 1 is 0.287 bits per heavy atom. The van der Waals surface area contributed by atoms with E-state index in [0.29, 0.717) is 26.4 Å². The number of fused-ring (bicyclic) bond motifs is 4. The van der Waals surface area contributed by atoms with Crippen LogP contribution in [0.5, 0.6) is 23.0 Å². The minimum Gasteiger partial charge on any atom is -0.486 e. The Bertz CT molecular complexity index is 4230. The van der Waals surface area contributed by atoms with Gasteiger partial charge in [0.05, 0.1) is 0 Å². The van der Waals surface area contributed by atoms with Crippen molar-refractivity contribution in [3.8, 4) is 89.8 Å². The highest BCUT2D eigenvalue weighted by Crippen LogP contribution is 2.59. The molecule has 0 unspecified atom stereocenters. The minimum atomic E-state index is -0.879. The fourth-order valence-corrected chi connectivity index (χ4v) is 19.8. The maximum Gasteiger partial charge on any atom is 0.169 e. The SMILES string of the molecule is Cc1c(-c2ccccc2)cc2c(c1-c1c(C)c(-c3ccccc3)cc3c1CCCC3)CCCC2.c1ccc(-c2cc3c(c(-c4c(CP(c5ccccc5)c5ccccc5)c(-c5ccccc5)cc5c4OCCO5)c2CP(c2ccccc2)c2ccccc2)OCCO3)cc1. The van der Waals surface area contributed by atoms with Crippen LogP contribution in [0.1, 0.15) is 70.2 Å². The first-order valence-electron chi connectivity index (χ1n) is 33.7. The lowest BCUT2D eigenvalue weighted by Gasteiger charge is -2.32. The van der Waals surface area contributed by atoms with Crippen LogP contribution in [0.25, 0.3) is 66.8 Å². The van der Waals surface area contributed by atoms with Crippen molar-refractivity contribution in [3.05, 3.63) is 311 Å². The van der Waals surface area contributed by atoms with Crippen LogP contribution in [0.3, 0.4) is 0 Å². The van der Waals surface area contributed by atoms with Crippen molar-refractivity contribution in [2.24, 2.45) is 0 Å². The summed E-state index contributed by atoms with van der Waals surface area (Å²) in [5.41, 5.74) is 27.0. The van der Waals surface area contributed by atoms with E-state index >= 15 is 0 Å². The monoisotopic (exact) mass is 1260 g/mol. The molecule has 0 atom stereocenters. The van der Waals surface area contributed by atoms with E-state index in [0.717, 1.165) is 68.7 Å². The fraction of sp³-hybridized carbons (Fsp3) is 0.182. The molecule has 0 saturated carbocycles. The van der Waals surface area contributed by atoms with Gasteiger partial charge >= 0.3 is 0 Å². The first-order chi connectivity index (χ1) is 46.5. The highest BCUT2D eigenvalue weighted by molar-refractivity contribution is 7.72. The van der Waals surface area contributed by atoms with Gasteiger partial charge in [0.25, 0.3) is 0 Å². The van der Waals surface area contributed by atoms with Gasteiger partial charge in [-0.1, -0.05) is 255 Å². The molecule has 12 aromatic rings. The van der Waals surface area contributed by atoms with Crippen molar-refractivity contribution in [1.29, 1.82) is 0 Å². The fourth-order valence-electron chi connectivity index (χ4n) is 15.0. The molecule has 0 bridgehead atoms. The van der Waals surface area contributed by atoms with Gasteiger partial charge in [-0.3, -0.25) is 0 Å². The van der Waals surface area contributed by atoms with Gasteiger partial charge in [-0.25, -0.2) is 0 Å². The summed E-state index contributed by atoms with van der Waals surface area (Å²) in [6, 6.07) is 97.1. The molecule has 16 rings (SSSR count). The number of rotatable bonds is 14. The average molecular weight is 1260 g/mol. The second-order valence-electron chi connectivity index (χ2n) is 25.1. The molecule has 4 aliphatic rings.